The van der Waals surface area contributed by atoms with Crippen LogP contribution in [0.15, 0.2) is 24.3 Å². The summed E-state index contributed by atoms with van der Waals surface area (Å²) in [6, 6.07) is 6.45. The molecule has 8 nitrogen and oxygen atoms in total. The number of nitrogens with one attached hydrogen (secondary N) is 1. The number of esters is 1. The highest BCUT2D eigenvalue weighted by Crippen LogP contribution is 2.25. The monoisotopic (exact) mass is 407 g/mol. The standard InChI is InChI=1S/C17H15Cl2N5O3/c1-8-6-9(2)24-17(20-8)22-14(23-24)16(26)27-10(3)15(25)21-13-7-11(18)4-5-12(13)19/h4-7,10H,1-3H3,(H,21,25)/t10-/m1/s1. The molecule has 0 saturated heterocycles. The molecule has 3 rings (SSSR count). The van der Waals surface area contributed by atoms with E-state index in [9.17, 15) is 9.59 Å². The molecule has 0 radical (unpaired) electrons. The second kappa shape index (κ2) is 7.50. The molecular formula is C17H15Cl2N5O3. The molecule has 0 spiro atoms. The second-order valence-electron chi connectivity index (χ2n) is 5.85. The summed E-state index contributed by atoms with van der Waals surface area (Å²) in [6.45, 7) is 5.05. The molecule has 27 heavy (non-hydrogen) atoms. The fourth-order valence-corrected chi connectivity index (χ4v) is 2.68. The molecule has 1 aromatic carbocycles. The third-order valence-corrected chi connectivity index (χ3v) is 4.20. The van der Waals surface area contributed by atoms with Crippen molar-refractivity contribution in [1.82, 2.24) is 19.6 Å². The number of anilines is 1. The van der Waals surface area contributed by atoms with Crippen LogP contribution in [0.4, 0.5) is 5.69 Å². The minimum atomic E-state index is -1.10. The van der Waals surface area contributed by atoms with E-state index in [1.54, 1.807) is 12.1 Å². The Morgan fingerprint density at radius 3 is 2.67 bits per heavy atom. The molecule has 10 heteroatoms. The Morgan fingerprint density at radius 2 is 1.93 bits per heavy atom. The molecule has 3 aromatic rings. The number of aryl methyl sites for hydroxylation is 2. The van der Waals surface area contributed by atoms with Gasteiger partial charge in [-0.25, -0.2) is 14.3 Å². The molecule has 0 bridgehead atoms. The minimum absolute atomic E-state index is 0.184. The van der Waals surface area contributed by atoms with Crippen molar-refractivity contribution < 1.29 is 14.3 Å². The summed E-state index contributed by atoms with van der Waals surface area (Å²) in [6.07, 6.45) is -1.10. The first kappa shape index (κ1) is 19.1. The number of rotatable bonds is 4. The van der Waals surface area contributed by atoms with Gasteiger partial charge < -0.3 is 10.1 Å². The molecule has 0 unspecified atom stereocenters. The van der Waals surface area contributed by atoms with Crippen molar-refractivity contribution in [3.63, 3.8) is 0 Å². The molecule has 1 atom stereocenters. The molecule has 2 heterocycles. The summed E-state index contributed by atoms with van der Waals surface area (Å²) in [4.78, 5) is 32.8. The lowest BCUT2D eigenvalue weighted by Gasteiger charge is -2.13. The topological polar surface area (TPSA) is 98.5 Å². The van der Waals surface area contributed by atoms with Gasteiger partial charge in [-0.1, -0.05) is 23.2 Å². The van der Waals surface area contributed by atoms with E-state index in [1.165, 1.54) is 17.5 Å². The maximum atomic E-state index is 12.3. The summed E-state index contributed by atoms with van der Waals surface area (Å²) in [5, 5.41) is 7.35. The summed E-state index contributed by atoms with van der Waals surface area (Å²) in [5.74, 6) is -1.31. The number of ether oxygens (including phenoxy) is 1. The van der Waals surface area contributed by atoms with Gasteiger partial charge in [0.05, 0.1) is 10.7 Å². The number of nitrogens with zero attached hydrogens (tertiary/aromatic N) is 4. The largest absolute Gasteiger partial charge is 0.447 e. The van der Waals surface area contributed by atoms with Crippen molar-refractivity contribution in [1.29, 1.82) is 0 Å². The van der Waals surface area contributed by atoms with Crippen molar-refractivity contribution in [3.05, 3.63) is 51.5 Å². The van der Waals surface area contributed by atoms with Crippen molar-refractivity contribution in [3.8, 4) is 0 Å². The number of hydrogen-bond acceptors (Lipinski definition) is 6. The second-order valence-corrected chi connectivity index (χ2v) is 6.69. The van der Waals surface area contributed by atoms with Crippen LogP contribution in [0, 0.1) is 13.8 Å². The molecule has 0 aliphatic heterocycles. The van der Waals surface area contributed by atoms with Crippen LogP contribution in [0.1, 0.15) is 28.9 Å². The maximum Gasteiger partial charge on any atom is 0.379 e. The third kappa shape index (κ3) is 4.17. The van der Waals surface area contributed by atoms with Crippen LogP contribution in [0.2, 0.25) is 10.0 Å². The molecule has 1 N–H and O–H groups in total. The maximum absolute atomic E-state index is 12.3. The lowest BCUT2D eigenvalue weighted by atomic mass is 10.3. The van der Waals surface area contributed by atoms with Gasteiger partial charge in [0.25, 0.3) is 17.5 Å². The van der Waals surface area contributed by atoms with Gasteiger partial charge in [0.2, 0.25) is 0 Å². The van der Waals surface area contributed by atoms with Crippen LogP contribution >= 0.6 is 23.2 Å². The summed E-state index contributed by atoms with van der Waals surface area (Å²) in [5.41, 5.74) is 1.84. The normalized spacial score (nSPS) is 12.0. The van der Waals surface area contributed by atoms with E-state index in [2.05, 4.69) is 20.4 Å². The van der Waals surface area contributed by atoms with Gasteiger partial charge in [0.1, 0.15) is 0 Å². The Hall–Kier alpha value is -2.71. The number of carbonyl (C=O) groups excluding carboxylic acids is 2. The average Bonchev–Trinajstić information content (AvgIpc) is 3.02. The van der Waals surface area contributed by atoms with Crippen molar-refractivity contribution in [2.45, 2.75) is 26.9 Å². The van der Waals surface area contributed by atoms with Crippen LogP contribution in [-0.4, -0.2) is 37.6 Å². The molecule has 140 valence electrons. The molecule has 0 aliphatic rings. The zero-order chi connectivity index (χ0) is 19.7. The van der Waals surface area contributed by atoms with Crippen molar-refractivity contribution in [2.24, 2.45) is 0 Å². The zero-order valence-electron chi connectivity index (χ0n) is 14.7. The van der Waals surface area contributed by atoms with E-state index in [1.807, 2.05) is 19.9 Å². The first-order valence-electron chi connectivity index (χ1n) is 7.92. The van der Waals surface area contributed by atoms with Crippen LogP contribution < -0.4 is 5.32 Å². The molecule has 2 aromatic heterocycles. The Balaban J connectivity index is 1.72. The molecule has 1 amide bonds. The number of amides is 1. The number of benzene rings is 1. The van der Waals surface area contributed by atoms with E-state index < -0.39 is 18.0 Å². The number of carbonyl (C=O) groups is 2. The Kier molecular flexibility index (Phi) is 5.29. The first-order valence-corrected chi connectivity index (χ1v) is 8.68. The van der Waals surface area contributed by atoms with E-state index in [0.29, 0.717) is 15.7 Å². The predicted octanol–water partition coefficient (Wildman–Crippen LogP) is 3.23. The van der Waals surface area contributed by atoms with E-state index in [0.717, 1.165) is 11.4 Å². The fraction of sp³-hybridized carbons (Fsp3) is 0.235. The van der Waals surface area contributed by atoms with Gasteiger partial charge in [-0.05, 0) is 45.0 Å². The van der Waals surface area contributed by atoms with Gasteiger partial charge in [-0.15, -0.1) is 5.10 Å². The quantitative estimate of drug-likeness (QED) is 0.666. The highest BCUT2D eigenvalue weighted by molar-refractivity contribution is 6.35. The summed E-state index contributed by atoms with van der Waals surface area (Å²) < 4.78 is 6.58. The van der Waals surface area contributed by atoms with Gasteiger partial charge in [-0.3, -0.25) is 4.79 Å². The van der Waals surface area contributed by atoms with E-state index in [-0.39, 0.29) is 11.6 Å². The molecule has 0 saturated carbocycles. The fourth-order valence-electron chi connectivity index (χ4n) is 2.35. The minimum Gasteiger partial charge on any atom is -0.447 e. The van der Waals surface area contributed by atoms with Crippen molar-refractivity contribution >= 4 is 46.5 Å². The number of fused-ring (bicyclic) bond motifs is 1. The highest BCUT2D eigenvalue weighted by atomic mass is 35.5. The van der Waals surface area contributed by atoms with E-state index >= 15 is 0 Å². The number of aromatic nitrogens is 4. The summed E-state index contributed by atoms with van der Waals surface area (Å²) >= 11 is 11.9. The SMILES string of the molecule is Cc1cc(C)n2nc(C(=O)O[C@H](C)C(=O)Nc3cc(Cl)ccc3Cl)nc2n1. The third-order valence-electron chi connectivity index (χ3n) is 3.64. The smallest absolute Gasteiger partial charge is 0.379 e. The van der Waals surface area contributed by atoms with Crippen molar-refractivity contribution in [2.75, 3.05) is 5.32 Å². The lowest BCUT2D eigenvalue weighted by molar-refractivity contribution is -0.123. The van der Waals surface area contributed by atoms with Crippen LogP contribution in [0.5, 0.6) is 0 Å². The van der Waals surface area contributed by atoms with Gasteiger partial charge in [0.15, 0.2) is 6.10 Å². The van der Waals surface area contributed by atoms with Gasteiger partial charge in [0, 0.05) is 16.4 Å². The van der Waals surface area contributed by atoms with Gasteiger partial charge in [-0.2, -0.15) is 4.98 Å². The van der Waals surface area contributed by atoms with E-state index in [4.69, 9.17) is 27.9 Å². The average molecular weight is 408 g/mol. The molecule has 0 aliphatic carbocycles. The number of halogens is 2. The van der Waals surface area contributed by atoms with Crippen LogP contribution in [-0.2, 0) is 9.53 Å². The van der Waals surface area contributed by atoms with Crippen LogP contribution in [0.25, 0.3) is 5.78 Å². The predicted molar refractivity (Wildman–Crippen MR) is 100 cm³/mol. The number of hydrogen-bond donors (Lipinski definition) is 1. The van der Waals surface area contributed by atoms with Crippen LogP contribution in [0.3, 0.4) is 0 Å². The molecule has 0 fully saturated rings. The molecular weight excluding hydrogens is 393 g/mol. The first-order chi connectivity index (χ1) is 12.7. The Bertz CT molecular complexity index is 1050. The Labute approximate surface area is 164 Å². The zero-order valence-corrected chi connectivity index (χ0v) is 16.2. The summed E-state index contributed by atoms with van der Waals surface area (Å²) in [7, 11) is 0. The lowest BCUT2D eigenvalue weighted by Crippen LogP contribution is -2.30. The van der Waals surface area contributed by atoms with Gasteiger partial charge >= 0.3 is 5.97 Å². The highest BCUT2D eigenvalue weighted by Gasteiger charge is 2.23. The Morgan fingerprint density at radius 1 is 1.19 bits per heavy atom.